The molecule has 2 aromatic rings. The summed E-state index contributed by atoms with van der Waals surface area (Å²) >= 11 is 5.21. The van der Waals surface area contributed by atoms with Crippen molar-refractivity contribution in [2.45, 2.75) is 26.8 Å². The zero-order chi connectivity index (χ0) is 13.1. The van der Waals surface area contributed by atoms with Crippen LogP contribution in [0.1, 0.15) is 16.8 Å². The molecular weight excluding hydrogens is 244 g/mol. The highest BCUT2D eigenvalue weighted by molar-refractivity contribution is 7.71. The fourth-order valence-electron chi connectivity index (χ4n) is 1.87. The van der Waals surface area contributed by atoms with E-state index >= 15 is 0 Å². The van der Waals surface area contributed by atoms with Crippen molar-refractivity contribution in [3.05, 3.63) is 62.3 Å². The highest BCUT2D eigenvalue weighted by atomic mass is 32.1. The summed E-state index contributed by atoms with van der Waals surface area (Å²) in [4.78, 5) is 15.2. The molecule has 1 aromatic carbocycles. The standard InChI is InChI=1S/C14H16N2OS/c1-10-11(2)15-14(18)16(13(10)17)9-8-12-6-4-3-5-7-12/h3-7H,8-9H2,1-2H3,(H,15,18). The average Bonchev–Trinajstić information content (AvgIpc) is 2.37. The van der Waals surface area contributed by atoms with Gasteiger partial charge in [-0.15, -0.1) is 0 Å². The van der Waals surface area contributed by atoms with Gasteiger partial charge < -0.3 is 4.98 Å². The summed E-state index contributed by atoms with van der Waals surface area (Å²) in [5.41, 5.74) is 2.79. The van der Waals surface area contributed by atoms with Gasteiger partial charge in [0.25, 0.3) is 5.56 Å². The van der Waals surface area contributed by atoms with Crippen molar-refractivity contribution in [1.82, 2.24) is 9.55 Å². The number of hydrogen-bond donors (Lipinski definition) is 1. The van der Waals surface area contributed by atoms with E-state index in [-0.39, 0.29) is 5.56 Å². The van der Waals surface area contributed by atoms with Crippen LogP contribution in [0.5, 0.6) is 0 Å². The second kappa shape index (κ2) is 5.31. The Kier molecular flexibility index (Phi) is 3.77. The molecule has 0 aliphatic carbocycles. The third-order valence-electron chi connectivity index (χ3n) is 3.13. The molecule has 0 bridgehead atoms. The number of nitrogens with zero attached hydrogens (tertiary/aromatic N) is 1. The summed E-state index contributed by atoms with van der Waals surface area (Å²) < 4.78 is 2.13. The first-order valence-corrected chi connectivity index (χ1v) is 6.34. The second-order valence-electron chi connectivity index (χ2n) is 4.37. The molecule has 0 saturated carbocycles. The van der Waals surface area contributed by atoms with Gasteiger partial charge in [-0.05, 0) is 38.0 Å². The summed E-state index contributed by atoms with van der Waals surface area (Å²) in [6.07, 6.45) is 0.806. The first-order valence-electron chi connectivity index (χ1n) is 5.94. The van der Waals surface area contributed by atoms with Gasteiger partial charge in [0.05, 0.1) is 0 Å². The molecule has 0 saturated heterocycles. The summed E-state index contributed by atoms with van der Waals surface area (Å²) in [6, 6.07) is 10.1. The van der Waals surface area contributed by atoms with Crippen molar-refractivity contribution in [1.29, 1.82) is 0 Å². The minimum atomic E-state index is 0.00665. The lowest BCUT2D eigenvalue weighted by Crippen LogP contribution is -2.26. The summed E-state index contributed by atoms with van der Waals surface area (Å²) in [5.74, 6) is 0. The number of aromatic amines is 1. The lowest BCUT2D eigenvalue weighted by atomic mass is 10.1. The molecule has 1 aromatic heterocycles. The van der Waals surface area contributed by atoms with Crippen molar-refractivity contribution in [2.75, 3.05) is 0 Å². The maximum Gasteiger partial charge on any atom is 0.257 e. The molecule has 3 nitrogen and oxygen atoms in total. The van der Waals surface area contributed by atoms with Crippen molar-refractivity contribution < 1.29 is 0 Å². The molecular formula is C14H16N2OS. The van der Waals surface area contributed by atoms with Crippen LogP contribution in [0.4, 0.5) is 0 Å². The van der Waals surface area contributed by atoms with Crippen molar-refractivity contribution >= 4 is 12.2 Å². The van der Waals surface area contributed by atoms with Crippen LogP contribution in [0.2, 0.25) is 0 Å². The van der Waals surface area contributed by atoms with E-state index in [1.165, 1.54) is 5.56 Å². The van der Waals surface area contributed by atoms with Gasteiger partial charge >= 0.3 is 0 Å². The Hall–Kier alpha value is -1.68. The van der Waals surface area contributed by atoms with E-state index in [0.717, 1.165) is 17.7 Å². The molecule has 1 heterocycles. The first-order chi connectivity index (χ1) is 8.59. The first kappa shape index (κ1) is 12.8. The van der Waals surface area contributed by atoms with Crippen LogP contribution >= 0.6 is 12.2 Å². The summed E-state index contributed by atoms with van der Waals surface area (Å²) in [7, 11) is 0. The minimum absolute atomic E-state index is 0.00665. The number of aromatic nitrogens is 2. The predicted molar refractivity (Wildman–Crippen MR) is 75.5 cm³/mol. The fourth-order valence-corrected chi connectivity index (χ4v) is 2.19. The lowest BCUT2D eigenvalue weighted by Gasteiger charge is -2.09. The van der Waals surface area contributed by atoms with Gasteiger partial charge in [-0.25, -0.2) is 0 Å². The Morgan fingerprint density at radius 3 is 2.56 bits per heavy atom. The number of benzene rings is 1. The number of rotatable bonds is 3. The molecule has 0 amide bonds. The molecule has 4 heteroatoms. The molecule has 94 valence electrons. The van der Waals surface area contributed by atoms with Crippen molar-refractivity contribution in [3.8, 4) is 0 Å². The van der Waals surface area contributed by atoms with Crippen LogP contribution < -0.4 is 5.56 Å². The molecule has 0 aliphatic heterocycles. The van der Waals surface area contributed by atoms with Crippen LogP contribution in [-0.4, -0.2) is 9.55 Å². The number of nitrogens with one attached hydrogen (secondary N) is 1. The SMILES string of the molecule is Cc1[nH]c(=S)n(CCc2ccccc2)c(=O)c1C. The zero-order valence-corrected chi connectivity index (χ0v) is 11.4. The molecule has 18 heavy (non-hydrogen) atoms. The van der Waals surface area contributed by atoms with Gasteiger partial charge in [-0.2, -0.15) is 0 Å². The quantitative estimate of drug-likeness (QED) is 0.862. The third kappa shape index (κ3) is 2.59. The van der Waals surface area contributed by atoms with E-state index in [9.17, 15) is 4.79 Å². The van der Waals surface area contributed by atoms with Crippen molar-refractivity contribution in [2.24, 2.45) is 0 Å². The Morgan fingerprint density at radius 2 is 1.89 bits per heavy atom. The van der Waals surface area contributed by atoms with E-state index in [4.69, 9.17) is 12.2 Å². The van der Waals surface area contributed by atoms with Crippen LogP contribution in [0, 0.1) is 18.6 Å². The Labute approximate surface area is 111 Å². The zero-order valence-electron chi connectivity index (χ0n) is 10.6. The lowest BCUT2D eigenvalue weighted by molar-refractivity contribution is 0.635. The number of H-pyrrole nitrogens is 1. The molecule has 0 fully saturated rings. The van der Waals surface area contributed by atoms with E-state index < -0.39 is 0 Å². The number of hydrogen-bond acceptors (Lipinski definition) is 2. The van der Waals surface area contributed by atoms with Gasteiger partial charge in [0.15, 0.2) is 4.77 Å². The monoisotopic (exact) mass is 260 g/mol. The highest BCUT2D eigenvalue weighted by Gasteiger charge is 2.05. The van der Waals surface area contributed by atoms with Gasteiger partial charge in [-0.1, -0.05) is 30.3 Å². The molecule has 0 atom stereocenters. The van der Waals surface area contributed by atoms with Crippen molar-refractivity contribution in [3.63, 3.8) is 0 Å². The van der Waals surface area contributed by atoms with Gasteiger partial charge in [0, 0.05) is 17.8 Å². The largest absolute Gasteiger partial charge is 0.336 e. The second-order valence-corrected chi connectivity index (χ2v) is 4.76. The normalized spacial score (nSPS) is 10.6. The summed E-state index contributed by atoms with van der Waals surface area (Å²) in [6.45, 7) is 4.30. The van der Waals surface area contributed by atoms with Crippen LogP contribution in [0.25, 0.3) is 0 Å². The topological polar surface area (TPSA) is 37.8 Å². The Balaban J connectivity index is 2.28. The Morgan fingerprint density at radius 1 is 1.22 bits per heavy atom. The maximum atomic E-state index is 12.1. The minimum Gasteiger partial charge on any atom is -0.336 e. The molecule has 2 rings (SSSR count). The summed E-state index contributed by atoms with van der Waals surface area (Å²) in [5, 5.41) is 0. The van der Waals surface area contributed by atoms with E-state index in [2.05, 4.69) is 17.1 Å². The third-order valence-corrected chi connectivity index (χ3v) is 3.46. The molecule has 0 aliphatic rings. The van der Waals surface area contributed by atoms with Gasteiger partial charge in [-0.3, -0.25) is 9.36 Å². The smallest absolute Gasteiger partial charge is 0.257 e. The van der Waals surface area contributed by atoms with E-state index in [0.29, 0.717) is 11.3 Å². The van der Waals surface area contributed by atoms with Crippen LogP contribution in [0.3, 0.4) is 0 Å². The average molecular weight is 260 g/mol. The van der Waals surface area contributed by atoms with E-state index in [1.54, 1.807) is 4.57 Å². The van der Waals surface area contributed by atoms with E-state index in [1.807, 2.05) is 32.0 Å². The number of aryl methyl sites for hydroxylation is 2. The predicted octanol–water partition coefficient (Wildman–Crippen LogP) is 2.77. The molecule has 0 radical (unpaired) electrons. The molecule has 0 unspecified atom stereocenters. The van der Waals surface area contributed by atoms with Crippen LogP contribution in [-0.2, 0) is 13.0 Å². The van der Waals surface area contributed by atoms with Gasteiger partial charge in [0.2, 0.25) is 0 Å². The molecule has 0 spiro atoms. The maximum absolute atomic E-state index is 12.1. The fraction of sp³-hybridized carbons (Fsp3) is 0.286. The molecule has 1 N–H and O–H groups in total. The highest BCUT2D eigenvalue weighted by Crippen LogP contribution is 2.02. The van der Waals surface area contributed by atoms with Gasteiger partial charge in [0.1, 0.15) is 0 Å². The van der Waals surface area contributed by atoms with Crippen LogP contribution in [0.15, 0.2) is 35.1 Å². The Bertz CT molecular complexity index is 656.